The zero-order chi connectivity index (χ0) is 14.0. The van der Waals surface area contributed by atoms with E-state index in [2.05, 4.69) is 5.32 Å². The molecule has 0 fully saturated rings. The molecule has 102 valence electrons. The molecule has 0 aliphatic heterocycles. The predicted molar refractivity (Wildman–Crippen MR) is 75.3 cm³/mol. The van der Waals surface area contributed by atoms with E-state index in [0.717, 1.165) is 11.4 Å². The Morgan fingerprint density at radius 1 is 1.32 bits per heavy atom. The van der Waals surface area contributed by atoms with Crippen molar-refractivity contribution in [3.8, 4) is 0 Å². The van der Waals surface area contributed by atoms with Crippen LogP contribution in [-0.4, -0.2) is 13.0 Å². The molecule has 19 heavy (non-hydrogen) atoms. The predicted octanol–water partition coefficient (Wildman–Crippen LogP) is 1.59. The van der Waals surface area contributed by atoms with Gasteiger partial charge in [0.05, 0.1) is 11.4 Å². The molecule has 0 saturated carbocycles. The number of nitrogens with one attached hydrogen (secondary N) is 1. The lowest BCUT2D eigenvalue weighted by atomic mass is 10.2. The summed E-state index contributed by atoms with van der Waals surface area (Å²) in [5.74, 6) is 0. The number of sulfonamides is 1. The molecular weight excluding hydrogens is 262 g/mol. The second kappa shape index (κ2) is 5.07. The molecule has 0 radical (unpaired) electrons. The molecule has 0 atom stereocenters. The Labute approximate surface area is 113 Å². The lowest BCUT2D eigenvalue weighted by Gasteiger charge is -2.10. The first-order valence-electron chi connectivity index (χ1n) is 5.85. The molecule has 0 aliphatic carbocycles. The third-order valence-electron chi connectivity index (χ3n) is 3.02. The maximum atomic E-state index is 11.4. The zero-order valence-corrected chi connectivity index (χ0v) is 11.7. The zero-order valence-electron chi connectivity index (χ0n) is 10.9. The maximum absolute atomic E-state index is 11.4. The molecule has 2 aromatic rings. The summed E-state index contributed by atoms with van der Waals surface area (Å²) in [5, 5.41) is 8.37. The number of primary sulfonamides is 1. The van der Waals surface area contributed by atoms with Gasteiger partial charge >= 0.3 is 0 Å². The molecule has 0 amide bonds. The van der Waals surface area contributed by atoms with Crippen molar-refractivity contribution in [1.29, 1.82) is 0 Å². The van der Waals surface area contributed by atoms with Gasteiger partial charge in [-0.3, -0.25) is 0 Å². The lowest BCUT2D eigenvalue weighted by molar-refractivity contribution is 0.597. The van der Waals surface area contributed by atoms with Crippen molar-refractivity contribution in [2.24, 2.45) is 12.2 Å². The highest BCUT2D eigenvalue weighted by Crippen LogP contribution is 2.19. The molecule has 1 heterocycles. The minimum Gasteiger partial charge on any atom is -0.379 e. The molecule has 2 rings (SSSR count). The van der Waals surface area contributed by atoms with Gasteiger partial charge in [0.25, 0.3) is 0 Å². The van der Waals surface area contributed by atoms with E-state index in [1.807, 2.05) is 36.0 Å². The van der Waals surface area contributed by atoms with Crippen molar-refractivity contribution < 1.29 is 8.42 Å². The van der Waals surface area contributed by atoms with Crippen LogP contribution in [0.2, 0.25) is 0 Å². The summed E-state index contributed by atoms with van der Waals surface area (Å²) in [6, 6.07) is 9.11. The first-order valence-corrected chi connectivity index (χ1v) is 7.40. The number of benzene rings is 1. The first kappa shape index (κ1) is 13.6. The van der Waals surface area contributed by atoms with E-state index in [0.29, 0.717) is 12.1 Å². The fourth-order valence-electron chi connectivity index (χ4n) is 1.89. The molecule has 1 aromatic heterocycles. The highest BCUT2D eigenvalue weighted by atomic mass is 32.2. The first-order chi connectivity index (χ1) is 8.88. The van der Waals surface area contributed by atoms with Crippen LogP contribution < -0.4 is 10.5 Å². The highest BCUT2D eigenvalue weighted by Gasteiger charge is 2.12. The Morgan fingerprint density at radius 2 is 2.05 bits per heavy atom. The largest absolute Gasteiger partial charge is 0.379 e. The summed E-state index contributed by atoms with van der Waals surface area (Å²) in [6.45, 7) is 2.34. The van der Waals surface area contributed by atoms with Gasteiger partial charge in [-0.05, 0) is 36.8 Å². The summed E-state index contributed by atoms with van der Waals surface area (Å²) < 4.78 is 24.9. The van der Waals surface area contributed by atoms with Gasteiger partial charge in [-0.2, -0.15) is 0 Å². The van der Waals surface area contributed by atoms with E-state index in [1.165, 1.54) is 0 Å². The number of aryl methyl sites for hydroxylation is 2. The van der Waals surface area contributed by atoms with E-state index in [-0.39, 0.29) is 4.90 Å². The Bertz CT molecular complexity index is 690. The van der Waals surface area contributed by atoms with Crippen LogP contribution in [0.5, 0.6) is 0 Å². The van der Waals surface area contributed by atoms with Gasteiger partial charge in [0.2, 0.25) is 10.0 Å². The van der Waals surface area contributed by atoms with Gasteiger partial charge in [0, 0.05) is 24.6 Å². The van der Waals surface area contributed by atoms with E-state index >= 15 is 0 Å². The van der Waals surface area contributed by atoms with Crippen molar-refractivity contribution >= 4 is 15.7 Å². The monoisotopic (exact) mass is 279 g/mol. The number of rotatable bonds is 4. The standard InChI is InChI=1S/C13H17N3O2S/c1-10-5-6-11(8-13(10)19(14,17)18)15-9-12-4-3-7-16(12)2/h3-8,15H,9H2,1-2H3,(H2,14,17,18). The number of hydrogen-bond donors (Lipinski definition) is 2. The van der Waals surface area contributed by atoms with Crippen molar-refractivity contribution in [2.45, 2.75) is 18.4 Å². The smallest absolute Gasteiger partial charge is 0.238 e. The third-order valence-corrected chi connectivity index (χ3v) is 4.07. The minimum absolute atomic E-state index is 0.157. The van der Waals surface area contributed by atoms with Gasteiger partial charge in [-0.1, -0.05) is 6.07 Å². The topological polar surface area (TPSA) is 77.1 Å². The van der Waals surface area contributed by atoms with Gasteiger partial charge in [0.15, 0.2) is 0 Å². The van der Waals surface area contributed by atoms with Crippen LogP contribution in [0.4, 0.5) is 5.69 Å². The summed E-state index contributed by atoms with van der Waals surface area (Å²) in [4.78, 5) is 0.157. The molecule has 1 aromatic carbocycles. The molecule has 0 saturated heterocycles. The van der Waals surface area contributed by atoms with Crippen molar-refractivity contribution in [3.63, 3.8) is 0 Å². The van der Waals surface area contributed by atoms with Crippen LogP contribution >= 0.6 is 0 Å². The molecule has 5 nitrogen and oxygen atoms in total. The van der Waals surface area contributed by atoms with Crippen LogP contribution in [-0.2, 0) is 23.6 Å². The van der Waals surface area contributed by atoms with E-state index in [4.69, 9.17) is 5.14 Å². The molecule has 3 N–H and O–H groups in total. The van der Waals surface area contributed by atoms with Crippen LogP contribution in [0, 0.1) is 6.92 Å². The second-order valence-electron chi connectivity index (χ2n) is 4.49. The minimum atomic E-state index is -3.68. The summed E-state index contributed by atoms with van der Waals surface area (Å²) >= 11 is 0. The normalized spacial score (nSPS) is 11.5. The van der Waals surface area contributed by atoms with Crippen LogP contribution in [0.3, 0.4) is 0 Å². The summed E-state index contributed by atoms with van der Waals surface area (Å²) in [6.07, 6.45) is 1.96. The Hall–Kier alpha value is -1.79. The Balaban J connectivity index is 2.21. The number of nitrogens with zero attached hydrogens (tertiary/aromatic N) is 1. The molecule has 0 bridgehead atoms. The Kier molecular flexibility index (Phi) is 3.64. The number of hydrogen-bond acceptors (Lipinski definition) is 3. The van der Waals surface area contributed by atoms with Crippen LogP contribution in [0.1, 0.15) is 11.3 Å². The molecular formula is C13H17N3O2S. The quantitative estimate of drug-likeness (QED) is 0.892. The SMILES string of the molecule is Cc1ccc(NCc2cccn2C)cc1S(N)(=O)=O. The lowest BCUT2D eigenvalue weighted by Crippen LogP contribution is -2.14. The molecule has 6 heteroatoms. The molecule has 0 aliphatic rings. The van der Waals surface area contributed by atoms with Crippen molar-refractivity contribution in [3.05, 3.63) is 47.8 Å². The average Bonchev–Trinajstić information content (AvgIpc) is 2.72. The van der Waals surface area contributed by atoms with Gasteiger partial charge in [-0.25, -0.2) is 13.6 Å². The van der Waals surface area contributed by atoms with E-state index in [9.17, 15) is 8.42 Å². The summed E-state index contributed by atoms with van der Waals surface area (Å²) in [5.41, 5.74) is 2.49. The second-order valence-corrected chi connectivity index (χ2v) is 6.02. The van der Waals surface area contributed by atoms with Crippen LogP contribution in [0.15, 0.2) is 41.4 Å². The van der Waals surface area contributed by atoms with Gasteiger partial charge in [0.1, 0.15) is 0 Å². The average molecular weight is 279 g/mol. The van der Waals surface area contributed by atoms with Crippen molar-refractivity contribution in [2.75, 3.05) is 5.32 Å². The number of aromatic nitrogens is 1. The summed E-state index contributed by atoms with van der Waals surface area (Å²) in [7, 11) is -1.72. The van der Waals surface area contributed by atoms with Crippen LogP contribution in [0.25, 0.3) is 0 Å². The Morgan fingerprint density at radius 3 is 2.63 bits per heavy atom. The van der Waals surface area contributed by atoms with Gasteiger partial charge < -0.3 is 9.88 Å². The fourth-order valence-corrected chi connectivity index (χ4v) is 2.70. The third kappa shape index (κ3) is 3.15. The van der Waals surface area contributed by atoms with Crippen molar-refractivity contribution in [1.82, 2.24) is 4.57 Å². The van der Waals surface area contributed by atoms with Gasteiger partial charge in [-0.15, -0.1) is 0 Å². The fraction of sp³-hybridized carbons (Fsp3) is 0.231. The highest BCUT2D eigenvalue weighted by molar-refractivity contribution is 7.89. The number of nitrogens with two attached hydrogens (primary N) is 1. The van der Waals surface area contributed by atoms with E-state index in [1.54, 1.807) is 19.1 Å². The number of anilines is 1. The molecule has 0 unspecified atom stereocenters. The molecule has 0 spiro atoms. The maximum Gasteiger partial charge on any atom is 0.238 e. The van der Waals surface area contributed by atoms with E-state index < -0.39 is 10.0 Å².